The summed E-state index contributed by atoms with van der Waals surface area (Å²) in [5, 5.41) is 8.25. The van der Waals surface area contributed by atoms with Crippen LogP contribution in [-0.2, 0) is 7.04 Å². The van der Waals surface area contributed by atoms with Gasteiger partial charge in [-0.05, 0) is 0 Å². The summed E-state index contributed by atoms with van der Waals surface area (Å²) in [6.45, 7) is 0. The van der Waals surface area contributed by atoms with Gasteiger partial charge >= 0.3 is 62.1 Å². The van der Waals surface area contributed by atoms with Crippen LogP contribution in [0, 0.1) is 49.9 Å². The molecule has 0 atom stereocenters. The maximum atomic E-state index is 9.75. The molecule has 0 heterocycles. The fourth-order valence-electron chi connectivity index (χ4n) is 0.0609. The van der Waals surface area contributed by atoms with Crippen molar-refractivity contribution in [1.29, 1.82) is 0 Å². The van der Waals surface area contributed by atoms with Crippen molar-refractivity contribution in [2.45, 2.75) is 0 Å². The number of rotatable bonds is 3. The third-order valence-electron chi connectivity index (χ3n) is 0.166. The van der Waals surface area contributed by atoms with Gasteiger partial charge < -0.3 is 5.48 Å². The molecule has 9 heteroatoms. The Kier molecular flexibility index (Phi) is 9.58. The van der Waals surface area contributed by atoms with Gasteiger partial charge in [0.25, 0.3) is 0 Å². The van der Waals surface area contributed by atoms with Crippen LogP contribution in [0.1, 0.15) is 0 Å². The minimum atomic E-state index is -3.87. The molecule has 0 saturated carbocycles. The van der Waals surface area contributed by atoms with E-state index in [1.165, 1.54) is 0 Å². The van der Waals surface area contributed by atoms with Gasteiger partial charge in [0.05, 0.1) is 0 Å². The average Bonchev–Trinajstić information content (AvgIpc) is 1.61. The molecule has 0 aliphatic heterocycles. The molecule has 9 heavy (non-hydrogen) atoms. The van der Waals surface area contributed by atoms with Crippen LogP contribution in [0.15, 0.2) is 0 Å². The molecule has 0 spiro atoms. The molecule has 0 aromatic rings. The predicted molar refractivity (Wildman–Crippen MR) is 13.1 cm³/mol. The van der Waals surface area contributed by atoms with E-state index in [0.29, 0.717) is 0 Å². The van der Waals surface area contributed by atoms with Gasteiger partial charge in [-0.2, -0.15) is 0 Å². The van der Waals surface area contributed by atoms with Crippen molar-refractivity contribution in [3.63, 3.8) is 0 Å². The quantitative estimate of drug-likeness (QED) is 0.295. The minimum absolute atomic E-state index is 0. The molecular formula is H2NO6PuU+2. The second kappa shape index (κ2) is 6.91. The zero-order valence-corrected chi connectivity index (χ0v) is 11.5. The zero-order chi connectivity index (χ0) is 6.57. The Labute approximate surface area is 66.6 Å². The maximum absolute atomic E-state index is 9.75. The van der Waals surface area contributed by atoms with Gasteiger partial charge in [0.2, 0.25) is 0 Å². The van der Waals surface area contributed by atoms with Crippen LogP contribution in [0.5, 0.6) is 0 Å². The van der Waals surface area contributed by atoms with E-state index in [-0.39, 0.29) is 5.48 Å². The average molecular weight is 594 g/mol. The van der Waals surface area contributed by atoms with E-state index in [0.717, 1.165) is 0 Å². The van der Waals surface area contributed by atoms with Crippen molar-refractivity contribution in [3.05, 3.63) is 10.1 Å². The standard InChI is InChI=1S/NO3.H2O.2O.Pu.U/c2-1(3)4;;;;;/h;1H2;;;;/q-1;;;;+1;+2. The number of hydrogen-bond acceptors (Lipinski definition) is 5. The first kappa shape index (κ1) is 12.5. The molecule has 0 bridgehead atoms. The molecule has 0 rings (SSSR count). The third-order valence-corrected chi connectivity index (χ3v) is 9.73. The van der Waals surface area contributed by atoms with Crippen molar-refractivity contribution in [1.82, 2.24) is 0 Å². The fraction of sp³-hybridized carbons (Fsp3) is 0. The summed E-state index contributed by atoms with van der Waals surface area (Å²) < 4.78 is 23.2. The molecule has 2 N–H and O–H groups in total. The van der Waals surface area contributed by atoms with E-state index in [4.69, 9.17) is 0 Å². The van der Waals surface area contributed by atoms with Crippen molar-refractivity contribution < 1.29 is 57.4 Å². The van der Waals surface area contributed by atoms with Crippen LogP contribution in [0.2, 0.25) is 0 Å². The third kappa shape index (κ3) is 12.1. The van der Waals surface area contributed by atoms with Crippen molar-refractivity contribution in [2.24, 2.45) is 0 Å². The monoisotopic (exact) mass is 588 g/mol. The molecular weight excluding hydrogens is 592 g/mol. The van der Waals surface area contributed by atoms with Crippen LogP contribution in [0.3, 0.4) is 0 Å². The van der Waals surface area contributed by atoms with Gasteiger partial charge in [-0.3, -0.25) is 0 Å². The zero-order valence-electron chi connectivity index (χ0n) is 3.90. The van der Waals surface area contributed by atoms with Gasteiger partial charge in [-0.1, -0.05) is 0 Å². The van der Waals surface area contributed by atoms with Gasteiger partial charge in [0.15, 0.2) is 0 Å². The topological polar surface area (TPSA) is 118 Å². The van der Waals surface area contributed by atoms with Crippen molar-refractivity contribution in [3.8, 4) is 0 Å². The summed E-state index contributed by atoms with van der Waals surface area (Å²) in [5.74, 6) is 0. The van der Waals surface area contributed by atoms with Crippen LogP contribution >= 0.6 is 0 Å². The molecule has 0 radical (unpaired) electrons. The van der Waals surface area contributed by atoms with E-state index in [1.807, 2.05) is 0 Å². The van der Waals surface area contributed by atoms with Crippen molar-refractivity contribution in [2.75, 3.05) is 0 Å². The first-order valence-corrected chi connectivity index (χ1v) is 23.7. The molecule has 0 aliphatic carbocycles. The Hall–Kier alpha value is 0.799. The Morgan fingerprint density at radius 1 is 1.56 bits per heavy atom. The number of nitrogens with zero attached hydrogens (tertiary/aromatic N) is 1. The molecule has 0 fully saturated rings. The molecule has 0 amide bonds. The molecule has 0 saturated heterocycles. The van der Waals surface area contributed by atoms with Crippen LogP contribution in [-0.4, -0.2) is 10.6 Å². The predicted octanol–water partition coefficient (Wildman–Crippen LogP) is -1.40. The van der Waals surface area contributed by atoms with Crippen LogP contribution < -0.4 is 0 Å². The van der Waals surface area contributed by atoms with Gasteiger partial charge in [0.1, 0.15) is 0 Å². The summed E-state index contributed by atoms with van der Waals surface area (Å²) in [6.07, 6.45) is 0. The summed E-state index contributed by atoms with van der Waals surface area (Å²) in [7, 11) is 0. The summed E-state index contributed by atoms with van der Waals surface area (Å²) in [4.78, 5) is 9.29. The van der Waals surface area contributed by atoms with E-state index in [2.05, 4.69) is 2.57 Å². The van der Waals surface area contributed by atoms with Gasteiger partial charge in [-0.25, -0.2) is 0 Å². The van der Waals surface area contributed by atoms with Gasteiger partial charge in [0, 0.05) is 0 Å². The molecule has 0 aromatic carbocycles. The number of hydrogen-bond donors (Lipinski definition) is 0. The van der Waals surface area contributed by atoms with E-state index in [9.17, 15) is 14.6 Å². The molecule has 0 aromatic heterocycles. The van der Waals surface area contributed by atoms with Gasteiger partial charge in [-0.15, -0.1) is 0 Å². The second-order valence-corrected chi connectivity index (χ2v) is 23.4. The van der Waals surface area contributed by atoms with E-state index < -0.39 is 44.9 Å². The first-order chi connectivity index (χ1) is 3.63. The summed E-state index contributed by atoms with van der Waals surface area (Å²) >= 11 is -6.05. The summed E-state index contributed by atoms with van der Waals surface area (Å²) in [5.41, 5.74) is 0. The Balaban J connectivity index is 0. The second-order valence-electron chi connectivity index (χ2n) is 0.631. The summed E-state index contributed by atoms with van der Waals surface area (Å²) in [6, 6.07) is 0. The Morgan fingerprint density at radius 2 is 2.00 bits per heavy atom. The SMILES string of the molecule is O.O=[N+]([O-])[O][Pu][U+2](=[O])=[O]. The molecule has 7 nitrogen and oxygen atoms in total. The van der Waals surface area contributed by atoms with Crippen LogP contribution in [0.25, 0.3) is 0 Å². The van der Waals surface area contributed by atoms with E-state index in [1.54, 1.807) is 0 Å². The molecule has 0 unspecified atom stereocenters. The van der Waals surface area contributed by atoms with Crippen LogP contribution in [0.4, 0.5) is 0 Å². The van der Waals surface area contributed by atoms with Crippen molar-refractivity contribution >= 4 is 0 Å². The first-order valence-electron chi connectivity index (χ1n) is 1.33. The van der Waals surface area contributed by atoms with E-state index >= 15 is 0 Å². The molecule has 0 aliphatic rings. The molecule has 51 valence electrons. The Bertz CT molecular complexity index is 141. The Morgan fingerprint density at radius 3 is 2.11 bits per heavy atom. The normalized spacial score (nSPS) is 6.22. The fourth-order valence-corrected chi connectivity index (χ4v) is 5.29.